The third-order valence-electron chi connectivity index (χ3n) is 4.76. The molecule has 30 heavy (non-hydrogen) atoms. The fraction of sp³-hybridized carbons (Fsp3) is 0.273. The molecular weight excluding hydrogens is 430 g/mol. The Hall–Kier alpha value is -1.22. The summed E-state index contributed by atoms with van der Waals surface area (Å²) in [4.78, 5) is 16.4. The summed E-state index contributed by atoms with van der Waals surface area (Å²) >= 11 is 5.94. The molecule has 0 unspecified atom stereocenters. The first-order chi connectivity index (χ1) is 14.0. The third kappa shape index (κ3) is 7.79. The van der Waals surface area contributed by atoms with Gasteiger partial charge in [0, 0.05) is 22.8 Å². The number of carbonyl (C=O) groups excluding carboxylic acids is 1. The van der Waals surface area contributed by atoms with Gasteiger partial charge in [-0.25, -0.2) is 4.39 Å². The number of hydrogen-bond acceptors (Lipinski definition) is 3. The smallest absolute Gasteiger partial charge is 0.495 e. The van der Waals surface area contributed by atoms with E-state index >= 15 is 0 Å². The second kappa shape index (κ2) is 12.6. The monoisotopic (exact) mass is 452 g/mol. The fourth-order valence-electron chi connectivity index (χ4n) is 3.25. The van der Waals surface area contributed by atoms with Gasteiger partial charge in [-0.15, -0.1) is 0 Å². The molecule has 0 radical (unpaired) electrons. The number of allylic oxidation sites excluding steroid dienone is 1. The molecule has 2 aromatic carbocycles. The molecule has 1 fully saturated rings. The summed E-state index contributed by atoms with van der Waals surface area (Å²) in [6, 6.07) is 13.4. The van der Waals surface area contributed by atoms with E-state index in [0.29, 0.717) is 16.4 Å². The van der Waals surface area contributed by atoms with Gasteiger partial charge >= 0.3 is 51.4 Å². The second-order valence-electron chi connectivity index (χ2n) is 6.94. The number of aliphatic imine (C=N–C) groups is 1. The first-order valence-corrected chi connectivity index (χ1v) is 9.90. The first-order valence-electron chi connectivity index (χ1n) is 9.53. The van der Waals surface area contributed by atoms with Gasteiger partial charge in [0.1, 0.15) is 5.82 Å². The molecule has 1 amide bonds. The van der Waals surface area contributed by atoms with E-state index in [9.17, 15) is 9.18 Å². The molecular formula is C22H23ClFKN4O. The van der Waals surface area contributed by atoms with Crippen LogP contribution in [0.4, 0.5) is 10.1 Å². The van der Waals surface area contributed by atoms with Crippen molar-refractivity contribution in [2.24, 2.45) is 10.7 Å². The Kier molecular flexibility index (Phi) is 10.5. The average Bonchev–Trinajstić information content (AvgIpc) is 2.71. The summed E-state index contributed by atoms with van der Waals surface area (Å²) in [6.45, 7) is 0. The van der Waals surface area contributed by atoms with E-state index in [1.54, 1.807) is 48.5 Å². The summed E-state index contributed by atoms with van der Waals surface area (Å²) in [6.07, 6.45) is 6.35. The molecule has 3 rings (SSSR count). The van der Waals surface area contributed by atoms with Crippen LogP contribution in [0.5, 0.6) is 0 Å². The van der Waals surface area contributed by atoms with Gasteiger partial charge in [-0.1, -0.05) is 35.6 Å². The number of halogens is 2. The van der Waals surface area contributed by atoms with E-state index in [0.717, 1.165) is 25.7 Å². The molecule has 1 aliphatic carbocycles. The van der Waals surface area contributed by atoms with Crippen molar-refractivity contribution in [3.63, 3.8) is 0 Å². The average molecular weight is 453 g/mol. The van der Waals surface area contributed by atoms with Crippen molar-refractivity contribution in [2.45, 2.75) is 37.8 Å². The SMILES string of the molecule is N/C(=C\C=Nc1ccccc1F)[N-]C1CCC(NC(=O)c2cccc(Cl)c2)CC1.[K+]. The molecule has 8 heteroatoms. The maximum atomic E-state index is 13.5. The number of nitrogens with zero attached hydrogens (tertiary/aromatic N) is 2. The maximum absolute atomic E-state index is 13.5. The van der Waals surface area contributed by atoms with Crippen LogP contribution in [0.15, 0.2) is 65.4 Å². The Labute approximate surface area is 223 Å². The van der Waals surface area contributed by atoms with Crippen molar-refractivity contribution in [1.29, 1.82) is 0 Å². The zero-order valence-electron chi connectivity index (χ0n) is 16.9. The van der Waals surface area contributed by atoms with Crippen LogP contribution >= 0.6 is 11.6 Å². The molecule has 0 bridgehead atoms. The van der Waals surface area contributed by atoms with Gasteiger partial charge in [0.15, 0.2) is 0 Å². The van der Waals surface area contributed by atoms with Crippen molar-refractivity contribution in [1.82, 2.24) is 5.32 Å². The zero-order chi connectivity index (χ0) is 20.6. The Balaban J connectivity index is 0.00000320. The van der Waals surface area contributed by atoms with E-state index in [-0.39, 0.29) is 80.9 Å². The largest absolute Gasteiger partial charge is 1.00 e. The van der Waals surface area contributed by atoms with Crippen LogP contribution in [0.25, 0.3) is 5.32 Å². The van der Waals surface area contributed by atoms with Crippen molar-refractivity contribution < 1.29 is 60.6 Å². The molecule has 0 spiro atoms. The predicted molar refractivity (Wildman–Crippen MR) is 115 cm³/mol. The number of amides is 1. The molecule has 1 saturated carbocycles. The molecule has 0 atom stereocenters. The van der Waals surface area contributed by atoms with Gasteiger partial charge < -0.3 is 16.4 Å². The third-order valence-corrected chi connectivity index (χ3v) is 5.00. The topological polar surface area (TPSA) is 81.6 Å². The number of para-hydroxylation sites is 1. The van der Waals surface area contributed by atoms with Crippen LogP contribution < -0.4 is 62.4 Å². The summed E-state index contributed by atoms with van der Waals surface area (Å²) < 4.78 is 13.5. The van der Waals surface area contributed by atoms with Crippen molar-refractivity contribution >= 4 is 29.4 Å². The minimum Gasteiger partial charge on any atom is -0.495 e. The quantitative estimate of drug-likeness (QED) is 0.519. The van der Waals surface area contributed by atoms with Crippen LogP contribution in [-0.4, -0.2) is 24.2 Å². The van der Waals surface area contributed by atoms with Crippen molar-refractivity contribution in [3.05, 3.63) is 82.1 Å². The van der Waals surface area contributed by atoms with Gasteiger partial charge in [-0.3, -0.25) is 9.79 Å². The number of hydrogen-bond donors (Lipinski definition) is 2. The molecule has 0 aromatic heterocycles. The van der Waals surface area contributed by atoms with Gasteiger partial charge in [0.05, 0.1) is 5.69 Å². The van der Waals surface area contributed by atoms with Crippen LogP contribution in [0, 0.1) is 5.82 Å². The Bertz CT molecular complexity index is 914. The van der Waals surface area contributed by atoms with E-state index in [1.165, 1.54) is 12.3 Å². The van der Waals surface area contributed by atoms with Crippen LogP contribution in [0.1, 0.15) is 36.0 Å². The number of rotatable bonds is 6. The second-order valence-corrected chi connectivity index (χ2v) is 7.38. The van der Waals surface area contributed by atoms with Gasteiger partial charge in [-0.2, -0.15) is 0 Å². The molecule has 1 aliphatic rings. The molecule has 152 valence electrons. The minimum absolute atomic E-state index is 0. The van der Waals surface area contributed by atoms with Crippen LogP contribution in [0.2, 0.25) is 5.02 Å². The summed E-state index contributed by atoms with van der Waals surface area (Å²) in [5.41, 5.74) is 6.76. The molecule has 5 nitrogen and oxygen atoms in total. The van der Waals surface area contributed by atoms with E-state index in [1.807, 2.05) is 0 Å². The maximum Gasteiger partial charge on any atom is 1.00 e. The first kappa shape index (κ1) is 25.0. The Morgan fingerprint density at radius 1 is 1.17 bits per heavy atom. The van der Waals surface area contributed by atoms with Gasteiger partial charge in [0.2, 0.25) is 0 Å². The van der Waals surface area contributed by atoms with Crippen molar-refractivity contribution in [3.8, 4) is 0 Å². The molecule has 0 aliphatic heterocycles. The fourth-order valence-corrected chi connectivity index (χ4v) is 3.44. The van der Waals surface area contributed by atoms with Gasteiger partial charge in [-0.05, 0) is 68.1 Å². The van der Waals surface area contributed by atoms with Crippen LogP contribution in [-0.2, 0) is 0 Å². The number of nitrogens with one attached hydrogen (secondary N) is 1. The predicted octanol–water partition coefficient (Wildman–Crippen LogP) is 2.10. The van der Waals surface area contributed by atoms with E-state index < -0.39 is 0 Å². The summed E-state index contributed by atoms with van der Waals surface area (Å²) in [5, 5.41) is 8.09. The summed E-state index contributed by atoms with van der Waals surface area (Å²) in [7, 11) is 0. The zero-order valence-corrected chi connectivity index (χ0v) is 20.8. The van der Waals surface area contributed by atoms with E-state index in [2.05, 4.69) is 15.6 Å². The standard InChI is InChI=1S/C22H24ClFN4O.K/c23-16-5-3-4-15(14-16)22(29)28-18-10-8-17(9-11-18)27-21(25)12-13-26-20-7-2-1-6-19(20)24;/h1-7,12-14,17-18H,8-11H2,(H4,25,26,27,28,29);/q;+1/p-1. The minimum atomic E-state index is -0.384. The molecule has 0 heterocycles. The number of nitrogens with two attached hydrogens (primary N) is 1. The van der Waals surface area contributed by atoms with Crippen molar-refractivity contribution in [2.75, 3.05) is 0 Å². The Morgan fingerprint density at radius 2 is 1.90 bits per heavy atom. The molecule has 3 N–H and O–H groups in total. The summed E-state index contributed by atoms with van der Waals surface area (Å²) in [5.74, 6) is -0.140. The van der Waals surface area contributed by atoms with Gasteiger partial charge in [0.25, 0.3) is 5.91 Å². The Morgan fingerprint density at radius 3 is 2.60 bits per heavy atom. The van der Waals surface area contributed by atoms with Crippen LogP contribution in [0.3, 0.4) is 0 Å². The number of carbonyl (C=O) groups is 1. The molecule has 2 aromatic rings. The normalized spacial score (nSPS) is 19.2. The van der Waals surface area contributed by atoms with E-state index in [4.69, 9.17) is 17.3 Å². The molecule has 0 saturated heterocycles. The number of benzene rings is 2.